The number of rotatable bonds is 1. The fourth-order valence-corrected chi connectivity index (χ4v) is 7.04. The van der Waals surface area contributed by atoms with Crippen LogP contribution in [-0.4, -0.2) is 18.4 Å². The molecular weight excluding hydrogens is 287 g/mol. The Morgan fingerprint density at radius 3 is 2.40 bits per heavy atom. The van der Waals surface area contributed by atoms with Gasteiger partial charge in [-0.15, -0.1) is 0 Å². The SMILES string of the molecule is [CH3][Sn]([CH3])([CH3])[C]1=CC=CC2=CC=CC=C1C2. The van der Waals surface area contributed by atoms with Gasteiger partial charge in [0.2, 0.25) is 0 Å². The zero-order chi connectivity index (χ0) is 10.9. The third-order valence-electron chi connectivity index (χ3n) is 2.84. The predicted molar refractivity (Wildman–Crippen MR) is 70.5 cm³/mol. The van der Waals surface area contributed by atoms with Gasteiger partial charge in [0, 0.05) is 0 Å². The molecule has 0 heterocycles. The van der Waals surface area contributed by atoms with Crippen LogP contribution in [0, 0.1) is 0 Å². The van der Waals surface area contributed by atoms with Crippen molar-refractivity contribution in [1.82, 2.24) is 0 Å². The van der Waals surface area contributed by atoms with Crippen LogP contribution in [-0.2, 0) is 0 Å². The molecule has 0 aromatic heterocycles. The molecule has 78 valence electrons. The number of allylic oxidation sites excluding steroid dienone is 10. The van der Waals surface area contributed by atoms with E-state index in [1.165, 1.54) is 5.57 Å². The van der Waals surface area contributed by atoms with Crippen molar-refractivity contribution in [1.29, 1.82) is 0 Å². The average Bonchev–Trinajstić information content (AvgIpc) is 2.47. The standard InChI is InChI=1S/C11H9.3CH3.Sn/c1-2-6-11-8-4-3-7-10(5-1)9-11;;;;/h1-7H,9H2;3*1H3;. The molecule has 0 nitrogen and oxygen atoms in total. The van der Waals surface area contributed by atoms with Crippen LogP contribution in [0.15, 0.2) is 57.3 Å². The second-order valence-electron chi connectivity index (χ2n) is 5.18. The summed E-state index contributed by atoms with van der Waals surface area (Å²) in [6, 6.07) is 0. The minimum absolute atomic E-state index is 1.11. The van der Waals surface area contributed by atoms with E-state index in [-0.39, 0.29) is 0 Å². The summed E-state index contributed by atoms with van der Waals surface area (Å²) in [6.45, 7) is 0. The average molecular weight is 305 g/mol. The normalized spacial score (nSPS) is 20.1. The van der Waals surface area contributed by atoms with Crippen LogP contribution < -0.4 is 0 Å². The van der Waals surface area contributed by atoms with E-state index < -0.39 is 18.4 Å². The molecule has 0 fully saturated rings. The number of hydrogen-bond donors (Lipinski definition) is 0. The Labute approximate surface area is 96.6 Å². The summed E-state index contributed by atoms with van der Waals surface area (Å²) in [7, 11) is 0. The van der Waals surface area contributed by atoms with E-state index in [4.69, 9.17) is 0 Å². The zero-order valence-corrected chi connectivity index (χ0v) is 12.6. The number of hydrogen-bond acceptors (Lipinski definition) is 0. The van der Waals surface area contributed by atoms with Gasteiger partial charge in [-0.2, -0.15) is 0 Å². The quantitative estimate of drug-likeness (QED) is 0.638. The van der Waals surface area contributed by atoms with Crippen molar-refractivity contribution in [2.45, 2.75) is 21.2 Å². The van der Waals surface area contributed by atoms with Gasteiger partial charge in [-0.05, 0) is 0 Å². The van der Waals surface area contributed by atoms with Crippen LogP contribution in [0.3, 0.4) is 0 Å². The molecule has 2 rings (SSSR count). The van der Waals surface area contributed by atoms with Crippen molar-refractivity contribution in [3.05, 3.63) is 57.3 Å². The predicted octanol–water partition coefficient (Wildman–Crippen LogP) is 4.17. The summed E-state index contributed by atoms with van der Waals surface area (Å²) in [5.74, 6) is 0. The van der Waals surface area contributed by atoms with Crippen molar-refractivity contribution in [2.24, 2.45) is 0 Å². The summed E-state index contributed by atoms with van der Waals surface area (Å²) < 4.78 is 1.66. The molecule has 0 unspecified atom stereocenters. The van der Waals surface area contributed by atoms with Crippen molar-refractivity contribution < 1.29 is 0 Å². The van der Waals surface area contributed by atoms with E-state index in [1.54, 1.807) is 9.16 Å². The summed E-state index contributed by atoms with van der Waals surface area (Å²) >= 11 is -1.95. The van der Waals surface area contributed by atoms with E-state index in [2.05, 4.69) is 57.4 Å². The first-order chi connectivity index (χ1) is 7.07. The van der Waals surface area contributed by atoms with Crippen LogP contribution in [0.2, 0.25) is 14.8 Å². The Morgan fingerprint density at radius 2 is 1.67 bits per heavy atom. The van der Waals surface area contributed by atoms with Crippen LogP contribution in [0.25, 0.3) is 0 Å². The van der Waals surface area contributed by atoms with Gasteiger partial charge in [0.25, 0.3) is 0 Å². The van der Waals surface area contributed by atoms with Crippen molar-refractivity contribution in [3.8, 4) is 0 Å². The van der Waals surface area contributed by atoms with Gasteiger partial charge >= 0.3 is 96.9 Å². The van der Waals surface area contributed by atoms with Crippen molar-refractivity contribution >= 4 is 18.4 Å². The molecule has 2 aliphatic rings. The topological polar surface area (TPSA) is 0 Å². The van der Waals surface area contributed by atoms with Crippen LogP contribution in [0.4, 0.5) is 0 Å². The summed E-state index contributed by atoms with van der Waals surface area (Å²) in [5, 5.41) is 0. The molecule has 0 atom stereocenters. The van der Waals surface area contributed by atoms with Gasteiger partial charge in [-0.1, -0.05) is 0 Å². The number of fused-ring (bicyclic) bond motifs is 2. The van der Waals surface area contributed by atoms with E-state index >= 15 is 0 Å². The third-order valence-corrected chi connectivity index (χ3v) is 8.85. The first kappa shape index (κ1) is 11.0. The second-order valence-corrected chi connectivity index (χ2v) is 19.6. The molecule has 1 heteroatoms. The Kier molecular flexibility index (Phi) is 3.05. The Morgan fingerprint density at radius 1 is 0.933 bits per heavy atom. The fraction of sp³-hybridized carbons (Fsp3) is 0.286. The van der Waals surface area contributed by atoms with Gasteiger partial charge in [0.15, 0.2) is 0 Å². The van der Waals surface area contributed by atoms with E-state index in [1.807, 2.05) is 0 Å². The molecule has 0 aromatic rings. The molecule has 0 aliphatic heterocycles. The maximum atomic E-state index is 2.48. The van der Waals surface area contributed by atoms with E-state index in [9.17, 15) is 0 Å². The van der Waals surface area contributed by atoms with E-state index in [0.717, 1.165) is 6.42 Å². The van der Waals surface area contributed by atoms with E-state index in [0.29, 0.717) is 0 Å². The molecule has 15 heavy (non-hydrogen) atoms. The second kappa shape index (κ2) is 4.17. The summed E-state index contributed by atoms with van der Waals surface area (Å²) in [4.78, 5) is 7.45. The molecule has 0 saturated carbocycles. The Balaban J connectivity index is 2.47. The maximum absolute atomic E-state index is 2.48. The van der Waals surface area contributed by atoms with Gasteiger partial charge < -0.3 is 0 Å². The van der Waals surface area contributed by atoms with Crippen molar-refractivity contribution in [2.75, 3.05) is 0 Å². The minimum atomic E-state index is -1.95. The van der Waals surface area contributed by atoms with Crippen LogP contribution in [0.5, 0.6) is 0 Å². The zero-order valence-electron chi connectivity index (χ0n) is 9.75. The molecule has 0 saturated heterocycles. The van der Waals surface area contributed by atoms with Gasteiger partial charge in [0.05, 0.1) is 0 Å². The molecule has 2 aliphatic carbocycles. The summed E-state index contributed by atoms with van der Waals surface area (Å²) in [5.41, 5.74) is 2.97. The van der Waals surface area contributed by atoms with Crippen molar-refractivity contribution in [3.63, 3.8) is 0 Å². The molecule has 0 spiro atoms. The van der Waals surface area contributed by atoms with Gasteiger partial charge in [-0.25, -0.2) is 0 Å². The molecular formula is C14H18Sn. The molecule has 0 amide bonds. The third kappa shape index (κ3) is 2.54. The van der Waals surface area contributed by atoms with Crippen LogP contribution in [0.1, 0.15) is 6.42 Å². The van der Waals surface area contributed by atoms with Gasteiger partial charge in [-0.3, -0.25) is 0 Å². The monoisotopic (exact) mass is 306 g/mol. The Hall–Kier alpha value is -0.501. The first-order valence-corrected chi connectivity index (χ1v) is 15.5. The van der Waals surface area contributed by atoms with Gasteiger partial charge in [0.1, 0.15) is 0 Å². The molecule has 0 aromatic carbocycles. The summed E-state index contributed by atoms with van der Waals surface area (Å²) in [6.07, 6.45) is 16.8. The fourth-order valence-electron chi connectivity index (χ4n) is 2.09. The molecule has 0 radical (unpaired) electrons. The molecule has 0 N–H and O–H groups in total. The first-order valence-electron chi connectivity index (χ1n) is 5.53. The Bertz CT molecular complexity index is 409. The van der Waals surface area contributed by atoms with Crippen LogP contribution >= 0.6 is 0 Å². The molecule has 2 bridgehead atoms.